The van der Waals surface area contributed by atoms with E-state index in [1.807, 2.05) is 18.2 Å². The van der Waals surface area contributed by atoms with Crippen LogP contribution in [0.1, 0.15) is 5.56 Å². The number of primary sulfonamides is 1. The van der Waals surface area contributed by atoms with Gasteiger partial charge in [-0.1, -0.05) is 18.2 Å². The van der Waals surface area contributed by atoms with Gasteiger partial charge in [0.2, 0.25) is 15.9 Å². The zero-order valence-corrected chi connectivity index (χ0v) is 13.1. The lowest BCUT2D eigenvalue weighted by Crippen LogP contribution is -2.17. The first kappa shape index (κ1) is 15.8. The van der Waals surface area contributed by atoms with Crippen molar-refractivity contribution in [2.75, 3.05) is 0 Å². The number of fused-ring (bicyclic) bond motifs is 1. The molecule has 0 atom stereocenters. The number of rotatable bonds is 3. The van der Waals surface area contributed by atoms with E-state index in [0.717, 1.165) is 5.52 Å². The van der Waals surface area contributed by atoms with Crippen molar-refractivity contribution in [1.29, 1.82) is 5.53 Å². The molecule has 5 N–H and O–H groups in total. The molecule has 3 aromatic rings. The number of amidine groups is 1. The van der Waals surface area contributed by atoms with Crippen molar-refractivity contribution in [1.82, 2.24) is 9.61 Å². The summed E-state index contributed by atoms with van der Waals surface area (Å²) >= 11 is 0. The number of pyridine rings is 1. The quantitative estimate of drug-likeness (QED) is 0.216. The molecule has 0 aliphatic rings. The van der Waals surface area contributed by atoms with Crippen molar-refractivity contribution < 1.29 is 8.42 Å². The van der Waals surface area contributed by atoms with E-state index in [1.54, 1.807) is 29.0 Å². The maximum absolute atomic E-state index is 11.9. The fourth-order valence-electron chi connectivity index (χ4n) is 2.51. The molecule has 0 aliphatic heterocycles. The van der Waals surface area contributed by atoms with Crippen molar-refractivity contribution in [3.05, 3.63) is 54.4 Å². The molecule has 9 nitrogen and oxygen atoms in total. The number of nitrogens with one attached hydrogen (secondary N) is 1. The third-order valence-corrected chi connectivity index (χ3v) is 4.45. The summed E-state index contributed by atoms with van der Waals surface area (Å²) in [6, 6.07) is 10.0. The summed E-state index contributed by atoms with van der Waals surface area (Å²) in [6.45, 7) is 0. The molecule has 3 rings (SSSR count). The Hall–Kier alpha value is -3.11. The number of benzene rings is 1. The molecule has 122 valence electrons. The van der Waals surface area contributed by atoms with Crippen molar-refractivity contribution in [3.8, 4) is 11.1 Å². The van der Waals surface area contributed by atoms with Gasteiger partial charge < -0.3 is 5.84 Å². The van der Waals surface area contributed by atoms with E-state index in [1.165, 1.54) is 6.07 Å². The molecule has 2 aromatic heterocycles. The summed E-state index contributed by atoms with van der Waals surface area (Å²) in [4.78, 5) is -0.213. The highest BCUT2D eigenvalue weighted by Crippen LogP contribution is 2.32. The van der Waals surface area contributed by atoms with Crippen molar-refractivity contribution in [3.63, 3.8) is 0 Å². The van der Waals surface area contributed by atoms with Gasteiger partial charge in [0.15, 0.2) is 0 Å². The molecule has 1 aromatic carbocycles. The Bertz CT molecular complexity index is 1070. The minimum atomic E-state index is -4.07. The third kappa shape index (κ3) is 2.53. The molecule has 0 aliphatic carbocycles. The van der Waals surface area contributed by atoms with Gasteiger partial charge in [-0.3, -0.25) is 0 Å². The van der Waals surface area contributed by atoms with Gasteiger partial charge >= 0.3 is 0 Å². The molecule has 0 saturated heterocycles. The molecule has 0 amide bonds. The Labute approximate surface area is 137 Å². The molecule has 24 heavy (non-hydrogen) atoms. The number of nitrogens with zero attached hydrogens (tertiary/aromatic N) is 4. The Kier molecular flexibility index (Phi) is 3.83. The van der Waals surface area contributed by atoms with Gasteiger partial charge in [-0.2, -0.15) is 10.2 Å². The van der Waals surface area contributed by atoms with Crippen LogP contribution in [0.25, 0.3) is 16.6 Å². The average Bonchev–Trinajstić information content (AvgIpc) is 2.99. The van der Waals surface area contributed by atoms with Gasteiger partial charge in [0.1, 0.15) is 0 Å². The summed E-state index contributed by atoms with van der Waals surface area (Å²) < 4.78 is 25.5. The van der Waals surface area contributed by atoms with Gasteiger partial charge in [-0.25, -0.2) is 23.6 Å². The molecular formula is C14H13N7O2S. The van der Waals surface area contributed by atoms with E-state index in [9.17, 15) is 8.42 Å². The van der Waals surface area contributed by atoms with Gasteiger partial charge in [-0.15, -0.1) is 5.11 Å². The van der Waals surface area contributed by atoms with Gasteiger partial charge in [-0.05, 0) is 23.8 Å². The van der Waals surface area contributed by atoms with E-state index in [4.69, 9.17) is 16.5 Å². The van der Waals surface area contributed by atoms with Gasteiger partial charge in [0, 0.05) is 11.8 Å². The van der Waals surface area contributed by atoms with Crippen LogP contribution in [0.3, 0.4) is 0 Å². The zero-order chi connectivity index (χ0) is 17.3. The van der Waals surface area contributed by atoms with Gasteiger partial charge in [0.05, 0.1) is 22.2 Å². The minimum Gasteiger partial charge on any atom is -0.321 e. The number of hydrazone groups is 1. The van der Waals surface area contributed by atoms with Crippen LogP contribution in [0, 0.1) is 5.53 Å². The first-order chi connectivity index (χ1) is 11.5. The van der Waals surface area contributed by atoms with Crippen LogP contribution >= 0.6 is 0 Å². The minimum absolute atomic E-state index is 0.0660. The van der Waals surface area contributed by atoms with Gasteiger partial charge in [0.25, 0.3) is 0 Å². The first-order valence-corrected chi connectivity index (χ1v) is 8.26. The summed E-state index contributed by atoms with van der Waals surface area (Å²) in [7, 11) is -4.07. The summed E-state index contributed by atoms with van der Waals surface area (Å²) in [5.41, 5.74) is 9.15. The predicted molar refractivity (Wildman–Crippen MR) is 87.9 cm³/mol. The highest BCUT2D eigenvalue weighted by molar-refractivity contribution is 7.89. The normalized spacial score (nSPS) is 12.5. The molecule has 0 unspecified atom stereocenters. The lowest BCUT2D eigenvalue weighted by molar-refractivity contribution is 0.597. The van der Waals surface area contributed by atoms with E-state index >= 15 is 0 Å². The lowest BCUT2D eigenvalue weighted by atomic mass is 10.00. The molecule has 0 bridgehead atoms. The van der Waals surface area contributed by atoms with E-state index < -0.39 is 10.0 Å². The standard InChI is InChI=1S/C14H13N7O2S/c15-19-14(20-16)13-9(4-3-6-12(13)24(17,22)23)10-8-18-21-7-2-1-5-11(10)21/h1-8,15H,16H2,(H2,17,22,23). The Morgan fingerprint density at radius 1 is 1.17 bits per heavy atom. The topological polar surface area (TPSA) is 152 Å². The second kappa shape index (κ2) is 5.83. The van der Waals surface area contributed by atoms with Crippen LogP contribution in [0.4, 0.5) is 0 Å². The van der Waals surface area contributed by atoms with E-state index in [2.05, 4.69) is 15.3 Å². The largest absolute Gasteiger partial charge is 0.321 e. The second-order valence-corrected chi connectivity index (χ2v) is 6.41. The van der Waals surface area contributed by atoms with Crippen LogP contribution in [0.5, 0.6) is 0 Å². The van der Waals surface area contributed by atoms with Crippen LogP contribution in [-0.4, -0.2) is 23.9 Å². The maximum atomic E-state index is 11.9. The highest BCUT2D eigenvalue weighted by atomic mass is 32.2. The van der Waals surface area contributed by atoms with Crippen molar-refractivity contribution in [2.45, 2.75) is 4.90 Å². The maximum Gasteiger partial charge on any atom is 0.238 e. The molecule has 0 spiro atoms. The smallest absolute Gasteiger partial charge is 0.238 e. The third-order valence-electron chi connectivity index (χ3n) is 3.50. The number of sulfonamides is 1. The Morgan fingerprint density at radius 3 is 2.62 bits per heavy atom. The van der Waals surface area contributed by atoms with Crippen LogP contribution in [0.15, 0.2) is 63.9 Å². The second-order valence-electron chi connectivity index (χ2n) is 4.88. The van der Waals surface area contributed by atoms with Crippen LogP contribution in [0.2, 0.25) is 0 Å². The van der Waals surface area contributed by atoms with E-state index in [0.29, 0.717) is 11.1 Å². The fraction of sp³-hybridized carbons (Fsp3) is 0. The molecule has 10 heteroatoms. The number of hydrogen-bond donors (Lipinski definition) is 3. The molecule has 0 radical (unpaired) electrons. The van der Waals surface area contributed by atoms with E-state index in [-0.39, 0.29) is 16.3 Å². The highest BCUT2D eigenvalue weighted by Gasteiger charge is 2.23. The number of aromatic nitrogens is 2. The average molecular weight is 343 g/mol. The first-order valence-electron chi connectivity index (χ1n) is 6.71. The van der Waals surface area contributed by atoms with Crippen molar-refractivity contribution in [2.24, 2.45) is 21.2 Å². The molecule has 0 saturated carbocycles. The summed E-state index contributed by atoms with van der Waals surface area (Å²) in [6.07, 6.45) is 3.34. The monoisotopic (exact) mass is 343 g/mol. The summed E-state index contributed by atoms with van der Waals surface area (Å²) in [5, 5.41) is 16.2. The molecule has 2 heterocycles. The Balaban J connectivity index is 2.43. The Morgan fingerprint density at radius 2 is 1.96 bits per heavy atom. The lowest BCUT2D eigenvalue weighted by Gasteiger charge is -2.11. The number of hydrogen-bond acceptors (Lipinski definition) is 6. The zero-order valence-electron chi connectivity index (χ0n) is 12.3. The van der Waals surface area contributed by atoms with Crippen molar-refractivity contribution >= 4 is 21.4 Å². The fourth-order valence-corrected chi connectivity index (χ4v) is 3.27. The van der Waals surface area contributed by atoms with Crippen LogP contribution < -0.4 is 11.0 Å². The van der Waals surface area contributed by atoms with Crippen LogP contribution in [-0.2, 0) is 10.0 Å². The predicted octanol–water partition coefficient (Wildman–Crippen LogP) is 1.30. The summed E-state index contributed by atoms with van der Waals surface area (Å²) in [5.74, 6) is 5.03. The molecule has 0 fully saturated rings. The number of nitrogens with two attached hydrogens (primary N) is 2. The SMILES string of the molecule is N=NC(=NN)c1c(-c2cnn3ccccc23)cccc1S(N)(=O)=O. The molecular weight excluding hydrogens is 330 g/mol.